The summed E-state index contributed by atoms with van der Waals surface area (Å²) in [6.45, 7) is 4.74. The van der Waals surface area contributed by atoms with Gasteiger partial charge in [-0.15, -0.1) is 0 Å². The number of rotatable bonds is 5. The molecule has 1 aromatic rings. The number of hydrogen-bond acceptors (Lipinski definition) is 2. The molecular weight excluding hydrogens is 252 g/mol. The van der Waals surface area contributed by atoms with Gasteiger partial charge in [-0.2, -0.15) is 0 Å². The maximum atomic E-state index is 12.0. The lowest BCUT2D eigenvalue weighted by atomic mass is 10.2. The van der Waals surface area contributed by atoms with Gasteiger partial charge in [-0.3, -0.25) is 0 Å². The topological polar surface area (TPSA) is 50.4 Å². The second kappa shape index (κ2) is 7.17. The molecule has 4 heteroatoms. The molecule has 2 N–H and O–H groups in total. The highest BCUT2D eigenvalue weighted by atomic mass is 16.5. The van der Waals surface area contributed by atoms with Crippen molar-refractivity contribution in [2.45, 2.75) is 52.0 Å². The van der Waals surface area contributed by atoms with Crippen molar-refractivity contribution in [1.82, 2.24) is 5.32 Å². The number of nitrogens with one attached hydrogen (secondary N) is 2. The fourth-order valence-electron chi connectivity index (χ4n) is 2.48. The third-order valence-corrected chi connectivity index (χ3v) is 3.54. The molecule has 20 heavy (non-hydrogen) atoms. The van der Waals surface area contributed by atoms with Crippen LogP contribution in [-0.4, -0.2) is 18.7 Å². The third-order valence-electron chi connectivity index (χ3n) is 3.54. The zero-order chi connectivity index (χ0) is 14.4. The zero-order valence-electron chi connectivity index (χ0n) is 12.4. The van der Waals surface area contributed by atoms with E-state index in [-0.39, 0.29) is 6.03 Å². The Labute approximate surface area is 120 Å². The maximum Gasteiger partial charge on any atom is 0.319 e. The second-order valence-corrected chi connectivity index (χ2v) is 5.43. The van der Waals surface area contributed by atoms with Gasteiger partial charge in [0.25, 0.3) is 0 Å². The van der Waals surface area contributed by atoms with E-state index in [4.69, 9.17) is 4.74 Å². The lowest BCUT2D eigenvalue weighted by molar-refractivity contribution is 0.248. The first-order valence-electron chi connectivity index (χ1n) is 7.50. The molecule has 110 valence electrons. The molecule has 1 fully saturated rings. The molecule has 1 aliphatic rings. The van der Waals surface area contributed by atoms with Crippen LogP contribution >= 0.6 is 0 Å². The molecule has 0 aromatic heterocycles. The first-order chi connectivity index (χ1) is 9.69. The molecule has 1 aliphatic carbocycles. The van der Waals surface area contributed by atoms with Crippen molar-refractivity contribution < 1.29 is 9.53 Å². The Bertz CT molecular complexity index is 454. The molecule has 0 bridgehead atoms. The van der Waals surface area contributed by atoms with E-state index in [1.54, 1.807) is 0 Å². The smallest absolute Gasteiger partial charge is 0.319 e. The zero-order valence-corrected chi connectivity index (χ0v) is 12.4. The van der Waals surface area contributed by atoms with Gasteiger partial charge in [0.05, 0.1) is 12.3 Å². The van der Waals surface area contributed by atoms with Gasteiger partial charge < -0.3 is 15.4 Å². The number of aryl methyl sites for hydroxylation is 1. The minimum Gasteiger partial charge on any atom is -0.491 e. The number of amides is 2. The van der Waals surface area contributed by atoms with Gasteiger partial charge in [0, 0.05) is 6.04 Å². The van der Waals surface area contributed by atoms with Crippen LogP contribution in [0.25, 0.3) is 0 Å². The van der Waals surface area contributed by atoms with E-state index in [1.165, 1.54) is 12.8 Å². The van der Waals surface area contributed by atoms with Gasteiger partial charge in [-0.1, -0.05) is 25.8 Å². The van der Waals surface area contributed by atoms with Crippen LogP contribution < -0.4 is 15.4 Å². The van der Waals surface area contributed by atoms with Crippen LogP contribution in [0, 0.1) is 6.92 Å². The summed E-state index contributed by atoms with van der Waals surface area (Å²) >= 11 is 0. The van der Waals surface area contributed by atoms with Gasteiger partial charge in [0.2, 0.25) is 0 Å². The summed E-state index contributed by atoms with van der Waals surface area (Å²) in [5.74, 6) is 0.744. The van der Waals surface area contributed by atoms with Crippen LogP contribution in [0.15, 0.2) is 18.2 Å². The molecule has 0 unspecified atom stereocenters. The van der Waals surface area contributed by atoms with Gasteiger partial charge in [-0.25, -0.2) is 4.79 Å². The van der Waals surface area contributed by atoms with Crippen molar-refractivity contribution >= 4 is 11.7 Å². The van der Waals surface area contributed by atoms with E-state index in [2.05, 4.69) is 17.6 Å². The molecule has 0 aliphatic heterocycles. The summed E-state index contributed by atoms with van der Waals surface area (Å²) in [5, 5.41) is 5.92. The molecule has 2 amide bonds. The molecule has 2 rings (SSSR count). The van der Waals surface area contributed by atoms with Gasteiger partial charge >= 0.3 is 6.03 Å². The van der Waals surface area contributed by atoms with Crippen molar-refractivity contribution in [1.29, 1.82) is 0 Å². The standard InChI is InChI=1S/C16H24N2O2/c1-3-10-20-15-11-12(2)8-9-14(15)18-16(19)17-13-6-4-5-7-13/h8-9,11,13H,3-7,10H2,1-2H3,(H2,17,18,19). The van der Waals surface area contributed by atoms with Gasteiger partial charge in [-0.05, 0) is 43.9 Å². The average molecular weight is 276 g/mol. The van der Waals surface area contributed by atoms with Crippen LogP contribution in [0.1, 0.15) is 44.6 Å². The minimum atomic E-state index is -0.137. The number of urea groups is 1. The summed E-state index contributed by atoms with van der Waals surface area (Å²) < 4.78 is 5.70. The lowest BCUT2D eigenvalue weighted by Gasteiger charge is -2.16. The van der Waals surface area contributed by atoms with E-state index in [0.717, 1.165) is 36.3 Å². The summed E-state index contributed by atoms with van der Waals surface area (Å²) in [6, 6.07) is 6.02. The number of carbonyl (C=O) groups excluding carboxylic acids is 1. The Morgan fingerprint density at radius 2 is 2.10 bits per heavy atom. The van der Waals surface area contributed by atoms with E-state index in [1.807, 2.05) is 25.1 Å². The monoisotopic (exact) mass is 276 g/mol. The summed E-state index contributed by atoms with van der Waals surface area (Å²) in [6.07, 6.45) is 5.53. The summed E-state index contributed by atoms with van der Waals surface area (Å²) in [4.78, 5) is 12.0. The van der Waals surface area contributed by atoms with E-state index < -0.39 is 0 Å². The first-order valence-corrected chi connectivity index (χ1v) is 7.50. The third kappa shape index (κ3) is 4.15. The number of benzene rings is 1. The Kier molecular flexibility index (Phi) is 5.27. The Morgan fingerprint density at radius 3 is 2.80 bits per heavy atom. The molecular formula is C16H24N2O2. The average Bonchev–Trinajstić information content (AvgIpc) is 2.91. The van der Waals surface area contributed by atoms with Gasteiger partial charge in [0.1, 0.15) is 5.75 Å². The lowest BCUT2D eigenvalue weighted by Crippen LogP contribution is -2.36. The largest absolute Gasteiger partial charge is 0.491 e. The molecule has 1 aromatic carbocycles. The van der Waals surface area contributed by atoms with Crippen molar-refractivity contribution in [2.75, 3.05) is 11.9 Å². The SMILES string of the molecule is CCCOc1cc(C)ccc1NC(=O)NC1CCCC1. The van der Waals surface area contributed by atoms with Crippen LogP contribution in [0.3, 0.4) is 0 Å². The number of anilines is 1. The first kappa shape index (κ1) is 14.7. The fraction of sp³-hybridized carbons (Fsp3) is 0.562. The molecule has 0 radical (unpaired) electrons. The highest BCUT2D eigenvalue weighted by Crippen LogP contribution is 2.26. The Balaban J connectivity index is 1.97. The van der Waals surface area contributed by atoms with E-state index in [0.29, 0.717) is 12.6 Å². The van der Waals surface area contributed by atoms with Crippen molar-refractivity contribution in [3.05, 3.63) is 23.8 Å². The predicted molar refractivity (Wildman–Crippen MR) is 81.4 cm³/mol. The van der Waals surface area contributed by atoms with Crippen LogP contribution in [-0.2, 0) is 0 Å². The fourth-order valence-corrected chi connectivity index (χ4v) is 2.48. The van der Waals surface area contributed by atoms with Crippen molar-refractivity contribution in [3.63, 3.8) is 0 Å². The second-order valence-electron chi connectivity index (χ2n) is 5.43. The number of ether oxygens (including phenoxy) is 1. The summed E-state index contributed by atoms with van der Waals surface area (Å²) in [5.41, 5.74) is 1.86. The molecule has 1 saturated carbocycles. The number of carbonyl (C=O) groups is 1. The Hall–Kier alpha value is -1.71. The van der Waals surface area contributed by atoms with E-state index in [9.17, 15) is 4.79 Å². The van der Waals surface area contributed by atoms with E-state index >= 15 is 0 Å². The number of hydrogen-bond donors (Lipinski definition) is 2. The normalized spacial score (nSPS) is 15.1. The maximum absolute atomic E-state index is 12.0. The van der Waals surface area contributed by atoms with Crippen LogP contribution in [0.2, 0.25) is 0 Å². The highest BCUT2D eigenvalue weighted by Gasteiger charge is 2.17. The molecule has 0 spiro atoms. The highest BCUT2D eigenvalue weighted by molar-refractivity contribution is 5.91. The van der Waals surface area contributed by atoms with Crippen molar-refractivity contribution in [2.24, 2.45) is 0 Å². The predicted octanol–water partition coefficient (Wildman–Crippen LogP) is 3.85. The van der Waals surface area contributed by atoms with Crippen LogP contribution in [0.5, 0.6) is 5.75 Å². The molecule has 0 heterocycles. The summed E-state index contributed by atoms with van der Waals surface area (Å²) in [7, 11) is 0. The van der Waals surface area contributed by atoms with Crippen LogP contribution in [0.4, 0.5) is 10.5 Å². The minimum absolute atomic E-state index is 0.137. The quantitative estimate of drug-likeness (QED) is 0.858. The molecule has 0 saturated heterocycles. The Morgan fingerprint density at radius 1 is 1.35 bits per heavy atom. The van der Waals surface area contributed by atoms with Gasteiger partial charge in [0.15, 0.2) is 0 Å². The molecule has 0 atom stereocenters. The van der Waals surface area contributed by atoms with Crippen molar-refractivity contribution in [3.8, 4) is 5.75 Å². The molecule has 4 nitrogen and oxygen atoms in total.